The van der Waals surface area contributed by atoms with Gasteiger partial charge >= 0.3 is 0 Å². The molecule has 108 valence electrons. The number of nitrogens with one attached hydrogen (secondary N) is 1. The molecule has 0 aliphatic carbocycles. The van der Waals surface area contributed by atoms with Crippen LogP contribution in [0, 0.1) is 5.92 Å². The zero-order valence-electron chi connectivity index (χ0n) is 12.3. The average molecular weight is 282 g/mol. The molecule has 1 atom stereocenters. The van der Waals surface area contributed by atoms with Crippen LogP contribution in [-0.2, 0) is 13.1 Å². The summed E-state index contributed by atoms with van der Waals surface area (Å²) < 4.78 is 5.62. The second-order valence-electron chi connectivity index (χ2n) is 5.83. The number of hydrogen-bond acceptors (Lipinski definition) is 4. The first-order valence-electron chi connectivity index (χ1n) is 7.20. The fourth-order valence-electron chi connectivity index (χ4n) is 2.40. The highest BCUT2D eigenvalue weighted by Crippen LogP contribution is 2.23. The van der Waals surface area contributed by atoms with E-state index < -0.39 is 0 Å². The maximum Gasteiger partial charge on any atom is 0.122 e. The van der Waals surface area contributed by atoms with Crippen LogP contribution in [0.4, 0.5) is 0 Å². The van der Waals surface area contributed by atoms with Crippen LogP contribution in [0.1, 0.15) is 31.6 Å². The third-order valence-corrected chi connectivity index (χ3v) is 4.77. The number of hydrogen-bond donors (Lipinski definition) is 1. The maximum absolute atomic E-state index is 5.62. The summed E-state index contributed by atoms with van der Waals surface area (Å²) in [6, 6.07) is 2.85. The topological polar surface area (TPSA) is 28.4 Å². The SMILES string of the molecule is CC(C)CNCc1occc1CN(C)C1CCSC1. The molecule has 0 radical (unpaired) electrons. The molecular weight excluding hydrogens is 256 g/mol. The van der Waals surface area contributed by atoms with Gasteiger partial charge in [-0.15, -0.1) is 0 Å². The molecule has 19 heavy (non-hydrogen) atoms. The number of furan rings is 1. The van der Waals surface area contributed by atoms with Crippen LogP contribution >= 0.6 is 11.8 Å². The van der Waals surface area contributed by atoms with Crippen molar-refractivity contribution in [1.82, 2.24) is 10.2 Å². The van der Waals surface area contributed by atoms with Crippen molar-refractivity contribution < 1.29 is 4.42 Å². The molecule has 0 saturated carbocycles. The number of nitrogens with zero attached hydrogens (tertiary/aromatic N) is 1. The Morgan fingerprint density at radius 1 is 1.53 bits per heavy atom. The Kier molecular flexibility index (Phi) is 5.79. The van der Waals surface area contributed by atoms with E-state index in [2.05, 4.69) is 48.9 Å². The summed E-state index contributed by atoms with van der Waals surface area (Å²) in [5.74, 6) is 4.35. The molecule has 1 saturated heterocycles. The summed E-state index contributed by atoms with van der Waals surface area (Å²) in [6.45, 7) is 7.33. The summed E-state index contributed by atoms with van der Waals surface area (Å²) >= 11 is 2.07. The van der Waals surface area contributed by atoms with Crippen molar-refractivity contribution >= 4 is 11.8 Å². The van der Waals surface area contributed by atoms with Gasteiger partial charge < -0.3 is 9.73 Å². The lowest BCUT2D eigenvalue weighted by molar-refractivity contribution is 0.252. The van der Waals surface area contributed by atoms with Crippen LogP contribution in [0.15, 0.2) is 16.7 Å². The van der Waals surface area contributed by atoms with Gasteiger partial charge in [0.1, 0.15) is 5.76 Å². The van der Waals surface area contributed by atoms with Crippen molar-refractivity contribution in [2.75, 3.05) is 25.1 Å². The fraction of sp³-hybridized carbons (Fsp3) is 0.733. The predicted molar refractivity (Wildman–Crippen MR) is 82.4 cm³/mol. The molecule has 1 unspecified atom stereocenters. The normalized spacial score (nSPS) is 19.7. The molecule has 1 fully saturated rings. The molecule has 0 spiro atoms. The van der Waals surface area contributed by atoms with Gasteiger partial charge in [0.25, 0.3) is 0 Å². The molecule has 0 bridgehead atoms. The maximum atomic E-state index is 5.62. The van der Waals surface area contributed by atoms with Crippen LogP contribution in [0.5, 0.6) is 0 Å². The minimum Gasteiger partial charge on any atom is -0.468 e. The van der Waals surface area contributed by atoms with Crippen molar-refractivity contribution in [3.8, 4) is 0 Å². The van der Waals surface area contributed by atoms with Crippen molar-refractivity contribution in [3.63, 3.8) is 0 Å². The molecule has 2 heterocycles. The molecule has 4 heteroatoms. The number of thioether (sulfide) groups is 1. The van der Waals surface area contributed by atoms with E-state index in [-0.39, 0.29) is 0 Å². The van der Waals surface area contributed by atoms with Crippen molar-refractivity contribution in [1.29, 1.82) is 0 Å². The molecule has 0 aromatic carbocycles. The van der Waals surface area contributed by atoms with Crippen LogP contribution in [0.2, 0.25) is 0 Å². The third kappa shape index (κ3) is 4.55. The zero-order chi connectivity index (χ0) is 13.7. The molecule has 1 aliphatic rings. The Morgan fingerprint density at radius 2 is 2.37 bits per heavy atom. The quantitative estimate of drug-likeness (QED) is 0.832. The van der Waals surface area contributed by atoms with Gasteiger partial charge in [-0.05, 0) is 37.8 Å². The summed E-state index contributed by atoms with van der Waals surface area (Å²) in [5, 5.41) is 3.45. The molecular formula is C15H26N2OS. The van der Waals surface area contributed by atoms with E-state index in [1.54, 1.807) is 0 Å². The summed E-state index contributed by atoms with van der Waals surface area (Å²) in [7, 11) is 2.23. The van der Waals surface area contributed by atoms with Gasteiger partial charge in [0.15, 0.2) is 0 Å². The van der Waals surface area contributed by atoms with Gasteiger partial charge in [0, 0.05) is 23.9 Å². The van der Waals surface area contributed by atoms with Gasteiger partial charge in [-0.1, -0.05) is 13.8 Å². The molecule has 3 nitrogen and oxygen atoms in total. The molecule has 0 amide bonds. The standard InChI is InChI=1S/C15H26N2OS/c1-12(2)8-16-9-15-13(4-6-18-15)10-17(3)14-5-7-19-11-14/h4,6,12,14,16H,5,7-11H2,1-3H3. The second-order valence-corrected chi connectivity index (χ2v) is 6.98. The fourth-order valence-corrected chi connectivity index (χ4v) is 3.70. The third-order valence-electron chi connectivity index (χ3n) is 3.62. The van der Waals surface area contributed by atoms with Gasteiger partial charge in [0.2, 0.25) is 0 Å². The van der Waals surface area contributed by atoms with E-state index in [9.17, 15) is 0 Å². The second kappa shape index (κ2) is 7.36. The first-order valence-corrected chi connectivity index (χ1v) is 8.36. The van der Waals surface area contributed by atoms with E-state index in [0.29, 0.717) is 5.92 Å². The van der Waals surface area contributed by atoms with Gasteiger partial charge in [-0.3, -0.25) is 4.90 Å². The highest BCUT2D eigenvalue weighted by Gasteiger charge is 2.21. The Morgan fingerprint density at radius 3 is 3.05 bits per heavy atom. The van der Waals surface area contributed by atoms with E-state index in [0.717, 1.165) is 31.4 Å². The highest BCUT2D eigenvalue weighted by molar-refractivity contribution is 7.99. The highest BCUT2D eigenvalue weighted by atomic mass is 32.2. The minimum absolute atomic E-state index is 0.677. The molecule has 1 aromatic rings. The lowest BCUT2D eigenvalue weighted by Gasteiger charge is -2.23. The Bertz CT molecular complexity index is 372. The molecule has 1 N–H and O–H groups in total. The average Bonchev–Trinajstić information content (AvgIpc) is 3.00. The van der Waals surface area contributed by atoms with Crippen LogP contribution < -0.4 is 5.32 Å². The lowest BCUT2D eigenvalue weighted by Crippen LogP contribution is -2.31. The molecule has 1 aliphatic heterocycles. The molecule has 1 aromatic heterocycles. The Balaban J connectivity index is 1.84. The van der Waals surface area contributed by atoms with Gasteiger partial charge in [0.05, 0.1) is 12.8 Å². The monoisotopic (exact) mass is 282 g/mol. The lowest BCUT2D eigenvalue weighted by atomic mass is 10.1. The van der Waals surface area contributed by atoms with E-state index in [1.807, 2.05) is 6.26 Å². The van der Waals surface area contributed by atoms with Crippen LogP contribution in [0.25, 0.3) is 0 Å². The Labute approximate surface area is 121 Å². The summed E-state index contributed by atoms with van der Waals surface area (Å²) in [4.78, 5) is 2.47. The van der Waals surface area contributed by atoms with Gasteiger partial charge in [-0.2, -0.15) is 11.8 Å². The first-order chi connectivity index (χ1) is 9.16. The molecule has 2 rings (SSSR count). The Hall–Kier alpha value is -0.450. The smallest absolute Gasteiger partial charge is 0.122 e. The van der Waals surface area contributed by atoms with Crippen LogP contribution in [-0.4, -0.2) is 36.0 Å². The van der Waals surface area contributed by atoms with Crippen molar-refractivity contribution in [2.45, 2.75) is 39.4 Å². The van der Waals surface area contributed by atoms with Crippen LogP contribution in [0.3, 0.4) is 0 Å². The van der Waals surface area contributed by atoms with Crippen molar-refractivity contribution in [3.05, 3.63) is 23.7 Å². The number of rotatable bonds is 7. The van der Waals surface area contributed by atoms with E-state index in [4.69, 9.17) is 4.42 Å². The minimum atomic E-state index is 0.677. The largest absolute Gasteiger partial charge is 0.468 e. The summed E-state index contributed by atoms with van der Waals surface area (Å²) in [6.07, 6.45) is 3.14. The van der Waals surface area contributed by atoms with E-state index >= 15 is 0 Å². The summed E-state index contributed by atoms with van der Waals surface area (Å²) in [5.41, 5.74) is 1.33. The van der Waals surface area contributed by atoms with E-state index in [1.165, 1.54) is 23.5 Å². The zero-order valence-corrected chi connectivity index (χ0v) is 13.1. The first kappa shape index (κ1) is 14.9. The van der Waals surface area contributed by atoms with Gasteiger partial charge in [-0.25, -0.2) is 0 Å². The van der Waals surface area contributed by atoms with Crippen molar-refractivity contribution in [2.24, 2.45) is 5.92 Å². The predicted octanol–water partition coefficient (Wildman–Crippen LogP) is 2.96.